The van der Waals surface area contributed by atoms with Crippen molar-refractivity contribution in [1.82, 2.24) is 10.6 Å². The number of hydrogen-bond acceptors (Lipinski definition) is 4. The van der Waals surface area contributed by atoms with Crippen LogP contribution in [-0.4, -0.2) is 61.0 Å². The van der Waals surface area contributed by atoms with Crippen LogP contribution in [0.4, 0.5) is 0 Å². The molecule has 2 rings (SSSR count). The summed E-state index contributed by atoms with van der Waals surface area (Å²) < 4.78 is 5.55. The molecule has 2 heterocycles. The van der Waals surface area contributed by atoms with Crippen LogP contribution in [0.3, 0.4) is 0 Å². The molecule has 0 radical (unpaired) electrons. The van der Waals surface area contributed by atoms with Crippen LogP contribution < -0.4 is 10.6 Å². The highest BCUT2D eigenvalue weighted by molar-refractivity contribution is 7.99. The standard InChI is InChI=1S/C12H23N3O2S/c1-13-11(14-7-10-3-2-5-17-10)15-8-12(16)4-6-18-9-12/h10,16H,2-9H2,1H3,(H2,13,14,15). The van der Waals surface area contributed by atoms with Gasteiger partial charge in [-0.1, -0.05) is 0 Å². The van der Waals surface area contributed by atoms with Crippen LogP contribution >= 0.6 is 11.8 Å². The summed E-state index contributed by atoms with van der Waals surface area (Å²) in [6.45, 7) is 2.22. The molecule has 2 aliphatic rings. The quantitative estimate of drug-likeness (QED) is 0.504. The highest BCUT2D eigenvalue weighted by atomic mass is 32.2. The van der Waals surface area contributed by atoms with Crippen molar-refractivity contribution in [2.24, 2.45) is 4.99 Å². The van der Waals surface area contributed by atoms with Gasteiger partial charge in [-0.05, 0) is 25.0 Å². The fourth-order valence-corrected chi connectivity index (χ4v) is 3.52. The van der Waals surface area contributed by atoms with Crippen LogP contribution in [0.2, 0.25) is 0 Å². The molecule has 2 aliphatic heterocycles. The van der Waals surface area contributed by atoms with Gasteiger partial charge in [-0.3, -0.25) is 4.99 Å². The minimum atomic E-state index is -0.577. The van der Waals surface area contributed by atoms with E-state index in [1.165, 1.54) is 0 Å². The molecule has 0 bridgehead atoms. The van der Waals surface area contributed by atoms with Crippen LogP contribution in [0, 0.1) is 0 Å². The molecule has 2 saturated heterocycles. The largest absolute Gasteiger partial charge is 0.387 e. The number of thioether (sulfide) groups is 1. The van der Waals surface area contributed by atoms with Crippen LogP contribution in [0.25, 0.3) is 0 Å². The van der Waals surface area contributed by atoms with Crippen LogP contribution in [0.5, 0.6) is 0 Å². The van der Waals surface area contributed by atoms with E-state index in [4.69, 9.17) is 4.74 Å². The monoisotopic (exact) mass is 273 g/mol. The number of hydrogen-bond donors (Lipinski definition) is 3. The zero-order valence-corrected chi connectivity index (χ0v) is 11.8. The Morgan fingerprint density at radius 1 is 1.56 bits per heavy atom. The summed E-state index contributed by atoms with van der Waals surface area (Å²) in [7, 11) is 1.75. The third-order valence-electron chi connectivity index (χ3n) is 3.41. The fourth-order valence-electron chi connectivity index (χ4n) is 2.22. The van der Waals surface area contributed by atoms with Crippen LogP contribution in [0.15, 0.2) is 4.99 Å². The molecule has 6 heteroatoms. The maximum absolute atomic E-state index is 10.2. The molecule has 18 heavy (non-hydrogen) atoms. The molecule has 2 atom stereocenters. The molecule has 0 saturated carbocycles. The van der Waals surface area contributed by atoms with Gasteiger partial charge in [0.25, 0.3) is 0 Å². The zero-order chi connectivity index (χ0) is 12.8. The van der Waals surface area contributed by atoms with Crippen LogP contribution in [-0.2, 0) is 4.74 Å². The van der Waals surface area contributed by atoms with Gasteiger partial charge in [-0.2, -0.15) is 11.8 Å². The molecular formula is C12H23N3O2S. The second-order valence-electron chi connectivity index (χ2n) is 4.97. The van der Waals surface area contributed by atoms with E-state index in [9.17, 15) is 5.11 Å². The van der Waals surface area contributed by atoms with Crippen molar-refractivity contribution in [3.8, 4) is 0 Å². The number of nitrogens with zero attached hydrogens (tertiary/aromatic N) is 1. The average molecular weight is 273 g/mol. The lowest BCUT2D eigenvalue weighted by molar-refractivity contribution is 0.0722. The van der Waals surface area contributed by atoms with Crippen molar-refractivity contribution >= 4 is 17.7 Å². The van der Waals surface area contributed by atoms with Gasteiger partial charge in [0, 0.05) is 32.5 Å². The van der Waals surface area contributed by atoms with Crippen molar-refractivity contribution in [3.05, 3.63) is 0 Å². The highest BCUT2D eigenvalue weighted by Gasteiger charge is 2.31. The minimum absolute atomic E-state index is 0.300. The maximum atomic E-state index is 10.2. The molecule has 0 amide bonds. The van der Waals surface area contributed by atoms with Gasteiger partial charge in [0.15, 0.2) is 5.96 Å². The molecule has 0 aromatic rings. The summed E-state index contributed by atoms with van der Waals surface area (Å²) in [6, 6.07) is 0. The third kappa shape index (κ3) is 4.03. The Morgan fingerprint density at radius 3 is 3.06 bits per heavy atom. The Hall–Kier alpha value is -0.460. The number of rotatable bonds is 4. The van der Waals surface area contributed by atoms with Crippen molar-refractivity contribution in [3.63, 3.8) is 0 Å². The highest BCUT2D eigenvalue weighted by Crippen LogP contribution is 2.26. The van der Waals surface area contributed by atoms with Gasteiger partial charge < -0.3 is 20.5 Å². The SMILES string of the molecule is CN=C(NCC1CCCO1)NCC1(O)CCSC1. The van der Waals surface area contributed by atoms with Crippen molar-refractivity contribution in [2.45, 2.75) is 31.0 Å². The van der Waals surface area contributed by atoms with Gasteiger partial charge in [0.05, 0.1) is 11.7 Å². The van der Waals surface area contributed by atoms with E-state index in [1.807, 2.05) is 0 Å². The van der Waals surface area contributed by atoms with Gasteiger partial charge in [-0.15, -0.1) is 0 Å². The van der Waals surface area contributed by atoms with Gasteiger partial charge in [0.1, 0.15) is 0 Å². The first kappa shape index (κ1) is 14.0. The van der Waals surface area contributed by atoms with Crippen molar-refractivity contribution in [1.29, 1.82) is 0 Å². The van der Waals surface area contributed by atoms with Gasteiger partial charge >= 0.3 is 0 Å². The first-order valence-electron chi connectivity index (χ1n) is 6.58. The number of guanidine groups is 1. The summed E-state index contributed by atoms with van der Waals surface area (Å²) in [6.07, 6.45) is 3.42. The topological polar surface area (TPSA) is 65.9 Å². The first-order chi connectivity index (χ1) is 8.72. The molecule has 0 spiro atoms. The summed E-state index contributed by atoms with van der Waals surface area (Å²) >= 11 is 1.80. The van der Waals surface area contributed by atoms with Crippen molar-refractivity contribution in [2.75, 3.05) is 38.2 Å². The number of ether oxygens (including phenoxy) is 1. The molecule has 0 aromatic carbocycles. The summed E-state index contributed by atoms with van der Waals surface area (Å²) in [5.74, 6) is 2.60. The van der Waals surface area contributed by atoms with Gasteiger partial charge in [0.2, 0.25) is 0 Å². The molecule has 104 valence electrons. The summed E-state index contributed by atoms with van der Waals surface area (Å²) in [5, 5.41) is 16.7. The van der Waals surface area contributed by atoms with E-state index in [2.05, 4.69) is 15.6 Å². The van der Waals surface area contributed by atoms with E-state index < -0.39 is 5.60 Å². The van der Waals surface area contributed by atoms with E-state index in [0.717, 1.165) is 49.9 Å². The Morgan fingerprint density at radius 2 is 2.44 bits per heavy atom. The Labute approximate surface area is 113 Å². The summed E-state index contributed by atoms with van der Waals surface area (Å²) in [4.78, 5) is 4.16. The molecule has 0 aromatic heterocycles. The summed E-state index contributed by atoms with van der Waals surface area (Å²) in [5.41, 5.74) is -0.577. The van der Waals surface area contributed by atoms with E-state index >= 15 is 0 Å². The predicted octanol–water partition coefficient (Wildman–Crippen LogP) is 0.198. The molecule has 2 unspecified atom stereocenters. The Balaban J connectivity index is 1.68. The number of aliphatic hydroxyl groups is 1. The molecular weight excluding hydrogens is 250 g/mol. The Bertz CT molecular complexity index is 287. The maximum Gasteiger partial charge on any atom is 0.191 e. The third-order valence-corrected chi connectivity index (χ3v) is 4.65. The average Bonchev–Trinajstić information content (AvgIpc) is 3.01. The van der Waals surface area contributed by atoms with E-state index in [1.54, 1.807) is 18.8 Å². The number of aliphatic imine (C=N–C) groups is 1. The molecule has 5 nitrogen and oxygen atoms in total. The molecule has 2 fully saturated rings. The van der Waals surface area contributed by atoms with Crippen molar-refractivity contribution < 1.29 is 9.84 Å². The molecule has 3 N–H and O–H groups in total. The molecule has 0 aliphatic carbocycles. The predicted molar refractivity (Wildman–Crippen MR) is 75.2 cm³/mol. The normalized spacial score (nSPS) is 32.8. The second kappa shape index (κ2) is 6.63. The van der Waals surface area contributed by atoms with Crippen LogP contribution in [0.1, 0.15) is 19.3 Å². The lowest BCUT2D eigenvalue weighted by Crippen LogP contribution is -2.48. The fraction of sp³-hybridized carbons (Fsp3) is 0.917. The first-order valence-corrected chi connectivity index (χ1v) is 7.74. The lowest BCUT2D eigenvalue weighted by Gasteiger charge is -2.23. The number of nitrogens with one attached hydrogen (secondary N) is 2. The smallest absolute Gasteiger partial charge is 0.191 e. The zero-order valence-electron chi connectivity index (χ0n) is 10.9. The van der Waals surface area contributed by atoms with Gasteiger partial charge in [-0.25, -0.2) is 0 Å². The minimum Gasteiger partial charge on any atom is -0.387 e. The van der Waals surface area contributed by atoms with E-state index in [-0.39, 0.29) is 0 Å². The second-order valence-corrected chi connectivity index (χ2v) is 6.07. The van der Waals surface area contributed by atoms with E-state index in [0.29, 0.717) is 12.6 Å². The Kier molecular flexibility index (Phi) is 5.14. The lowest BCUT2D eigenvalue weighted by atomic mass is 10.0.